The number of amides is 1. The molecule has 0 aliphatic carbocycles. The average molecular weight is 431 g/mol. The van der Waals surface area contributed by atoms with Crippen LogP contribution in [0.5, 0.6) is 11.5 Å². The number of ether oxygens (including phenoxy) is 3. The van der Waals surface area contributed by atoms with Gasteiger partial charge in [0.05, 0.1) is 19.7 Å². The quantitative estimate of drug-likeness (QED) is 0.672. The zero-order valence-electron chi connectivity index (χ0n) is 18.0. The maximum atomic E-state index is 12.6. The van der Waals surface area contributed by atoms with E-state index in [1.54, 1.807) is 23.8 Å². The normalized spacial score (nSPS) is 16.6. The number of anilines is 1. The van der Waals surface area contributed by atoms with Gasteiger partial charge < -0.3 is 19.5 Å². The molecule has 2 aliphatic heterocycles. The summed E-state index contributed by atoms with van der Waals surface area (Å²) in [5, 5.41) is 7.50. The van der Waals surface area contributed by atoms with E-state index in [9.17, 15) is 9.59 Å². The average Bonchev–Trinajstić information content (AvgIpc) is 3.36. The van der Waals surface area contributed by atoms with Gasteiger partial charge in [-0.3, -0.25) is 14.3 Å². The number of nitrogens with one attached hydrogen (secondary N) is 1. The third-order valence-electron chi connectivity index (χ3n) is 5.75. The van der Waals surface area contributed by atoms with Crippen molar-refractivity contribution < 1.29 is 19.0 Å². The number of methoxy groups -OCH3 is 1. The Kier molecular flexibility index (Phi) is 6.57. The third kappa shape index (κ3) is 4.75. The lowest BCUT2D eigenvalue weighted by molar-refractivity contribution is -0.117. The Morgan fingerprint density at radius 3 is 2.77 bits per heavy atom. The molecule has 0 unspecified atom stereocenters. The van der Waals surface area contributed by atoms with Gasteiger partial charge >= 0.3 is 5.69 Å². The van der Waals surface area contributed by atoms with Gasteiger partial charge in [0.25, 0.3) is 0 Å². The number of carbonyl (C=O) groups is 1. The molecule has 1 fully saturated rings. The Bertz CT molecular complexity index is 977. The van der Waals surface area contributed by atoms with E-state index in [1.807, 2.05) is 13.0 Å². The minimum Gasteiger partial charge on any atom is -0.454 e. The van der Waals surface area contributed by atoms with Crippen LogP contribution in [0.25, 0.3) is 0 Å². The van der Waals surface area contributed by atoms with E-state index in [2.05, 4.69) is 15.3 Å². The van der Waals surface area contributed by atoms with Crippen LogP contribution in [0.1, 0.15) is 31.5 Å². The van der Waals surface area contributed by atoms with Gasteiger partial charge in [-0.25, -0.2) is 9.48 Å². The summed E-state index contributed by atoms with van der Waals surface area (Å²) in [4.78, 5) is 27.2. The van der Waals surface area contributed by atoms with Crippen molar-refractivity contribution in [2.75, 3.05) is 45.5 Å². The molecule has 10 nitrogen and oxygen atoms in total. The highest BCUT2D eigenvalue weighted by Gasteiger charge is 2.27. The van der Waals surface area contributed by atoms with Gasteiger partial charge in [0, 0.05) is 31.3 Å². The van der Waals surface area contributed by atoms with E-state index >= 15 is 0 Å². The lowest BCUT2D eigenvalue weighted by Gasteiger charge is -2.30. The second-order valence-corrected chi connectivity index (χ2v) is 7.77. The summed E-state index contributed by atoms with van der Waals surface area (Å²) < 4.78 is 19.0. The van der Waals surface area contributed by atoms with Crippen molar-refractivity contribution in [1.29, 1.82) is 0 Å². The molecular weight excluding hydrogens is 402 g/mol. The van der Waals surface area contributed by atoms with Crippen LogP contribution < -0.4 is 20.5 Å². The Balaban J connectivity index is 1.31. The second kappa shape index (κ2) is 9.52. The predicted octanol–water partition coefficient (Wildman–Crippen LogP) is 1.26. The summed E-state index contributed by atoms with van der Waals surface area (Å²) in [6.45, 7) is 5.56. The molecule has 0 spiro atoms. The van der Waals surface area contributed by atoms with Gasteiger partial charge in [0.2, 0.25) is 12.7 Å². The van der Waals surface area contributed by atoms with Crippen molar-refractivity contribution in [1.82, 2.24) is 19.2 Å². The molecule has 2 aromatic rings. The lowest BCUT2D eigenvalue weighted by atomic mass is 9.96. The molecule has 0 bridgehead atoms. The first-order valence-electron chi connectivity index (χ1n) is 10.7. The molecule has 0 atom stereocenters. The molecule has 3 heterocycles. The molecule has 31 heavy (non-hydrogen) atoms. The number of hydrogen-bond donors (Lipinski definition) is 1. The fraction of sp³-hybridized carbons (Fsp3) is 0.571. The van der Waals surface area contributed by atoms with Crippen molar-refractivity contribution >= 4 is 11.6 Å². The van der Waals surface area contributed by atoms with E-state index in [0.717, 1.165) is 31.8 Å². The molecule has 1 amide bonds. The molecule has 168 valence electrons. The molecule has 1 saturated heterocycles. The number of piperidine rings is 1. The predicted molar refractivity (Wildman–Crippen MR) is 114 cm³/mol. The Hall–Kier alpha value is -2.85. The first-order valence-corrected chi connectivity index (χ1v) is 10.7. The Labute approximate surface area is 180 Å². The van der Waals surface area contributed by atoms with E-state index in [-0.39, 0.29) is 24.3 Å². The highest BCUT2D eigenvalue weighted by Crippen LogP contribution is 2.34. The smallest absolute Gasteiger partial charge is 0.345 e. The fourth-order valence-corrected chi connectivity index (χ4v) is 4.11. The number of carbonyl (C=O) groups excluding carboxylic acids is 1. The largest absolute Gasteiger partial charge is 0.454 e. The van der Waals surface area contributed by atoms with Crippen LogP contribution in [-0.4, -0.2) is 65.3 Å². The topological polar surface area (TPSA) is 99.9 Å². The van der Waals surface area contributed by atoms with Crippen LogP contribution in [0.2, 0.25) is 0 Å². The van der Waals surface area contributed by atoms with Gasteiger partial charge in [0.15, 0.2) is 11.5 Å². The fourth-order valence-electron chi connectivity index (χ4n) is 4.11. The number of hydrogen-bond acceptors (Lipinski definition) is 7. The van der Waals surface area contributed by atoms with Crippen molar-refractivity contribution in [3.8, 4) is 11.5 Å². The maximum absolute atomic E-state index is 12.6. The van der Waals surface area contributed by atoms with Gasteiger partial charge in [-0.15, -0.1) is 0 Å². The number of nitrogens with zero attached hydrogens (tertiary/aromatic N) is 4. The molecule has 1 aromatic carbocycles. The Morgan fingerprint density at radius 1 is 1.26 bits per heavy atom. The highest BCUT2D eigenvalue weighted by atomic mass is 16.7. The number of benzene rings is 1. The summed E-state index contributed by atoms with van der Waals surface area (Å²) >= 11 is 0. The van der Waals surface area contributed by atoms with E-state index < -0.39 is 0 Å². The van der Waals surface area contributed by atoms with Crippen LogP contribution in [-0.2, 0) is 22.6 Å². The standard InChI is InChI=1S/C21H29N5O5/c1-3-25-20(23-26(21(25)28)10-11-29-2)15-6-8-24(9-7-15)13-19(27)22-16-4-5-17-18(12-16)31-14-30-17/h4-5,12,15H,3,6-11,13-14H2,1-2H3,(H,22,27). The summed E-state index contributed by atoms with van der Waals surface area (Å²) in [6.07, 6.45) is 1.72. The molecule has 0 radical (unpaired) electrons. The molecule has 1 aromatic heterocycles. The van der Waals surface area contributed by atoms with Crippen LogP contribution in [0.3, 0.4) is 0 Å². The van der Waals surface area contributed by atoms with Gasteiger partial charge in [-0.05, 0) is 45.0 Å². The first kappa shape index (κ1) is 21.4. The first-order chi connectivity index (χ1) is 15.1. The lowest BCUT2D eigenvalue weighted by Crippen LogP contribution is -2.39. The number of likely N-dealkylation sites (tertiary alicyclic amines) is 1. The SMILES string of the molecule is CCn1c(C2CCN(CC(=O)Nc3ccc4c(c3)OCO4)CC2)nn(CCOC)c1=O. The summed E-state index contributed by atoms with van der Waals surface area (Å²) in [5.74, 6) is 2.32. The zero-order chi connectivity index (χ0) is 21.8. The zero-order valence-corrected chi connectivity index (χ0v) is 18.0. The van der Waals surface area contributed by atoms with Crippen LogP contribution in [0, 0.1) is 0 Å². The van der Waals surface area contributed by atoms with Crippen molar-refractivity contribution in [3.05, 3.63) is 34.5 Å². The summed E-state index contributed by atoms with van der Waals surface area (Å²) in [5.41, 5.74) is 0.609. The number of rotatable bonds is 8. The molecule has 0 saturated carbocycles. The van der Waals surface area contributed by atoms with E-state index in [4.69, 9.17) is 14.2 Å². The Morgan fingerprint density at radius 2 is 2.03 bits per heavy atom. The van der Waals surface area contributed by atoms with E-state index in [1.165, 1.54) is 4.68 Å². The third-order valence-corrected chi connectivity index (χ3v) is 5.75. The summed E-state index contributed by atoms with van der Waals surface area (Å²) in [7, 11) is 1.61. The van der Waals surface area contributed by atoms with Crippen molar-refractivity contribution in [2.45, 2.75) is 38.8 Å². The molecule has 4 rings (SSSR count). The van der Waals surface area contributed by atoms with Crippen LogP contribution in [0.4, 0.5) is 5.69 Å². The van der Waals surface area contributed by atoms with Gasteiger partial charge in [0.1, 0.15) is 5.82 Å². The molecular formula is C21H29N5O5. The minimum absolute atomic E-state index is 0.0633. The van der Waals surface area contributed by atoms with Gasteiger partial charge in [-0.1, -0.05) is 0 Å². The number of aromatic nitrogens is 3. The molecule has 2 aliphatic rings. The maximum Gasteiger partial charge on any atom is 0.345 e. The molecule has 10 heteroatoms. The van der Waals surface area contributed by atoms with E-state index in [0.29, 0.717) is 43.4 Å². The van der Waals surface area contributed by atoms with Crippen LogP contribution >= 0.6 is 0 Å². The molecule has 1 N–H and O–H groups in total. The second-order valence-electron chi connectivity index (χ2n) is 7.77. The van der Waals surface area contributed by atoms with Crippen molar-refractivity contribution in [2.24, 2.45) is 0 Å². The number of fused-ring (bicyclic) bond motifs is 1. The minimum atomic E-state index is -0.0833. The monoisotopic (exact) mass is 431 g/mol. The van der Waals surface area contributed by atoms with Crippen LogP contribution in [0.15, 0.2) is 23.0 Å². The summed E-state index contributed by atoms with van der Waals surface area (Å²) in [6, 6.07) is 5.38. The van der Waals surface area contributed by atoms with Crippen molar-refractivity contribution in [3.63, 3.8) is 0 Å². The van der Waals surface area contributed by atoms with Gasteiger partial charge in [-0.2, -0.15) is 5.10 Å². The highest BCUT2D eigenvalue weighted by molar-refractivity contribution is 5.92.